The van der Waals surface area contributed by atoms with Gasteiger partial charge in [0, 0.05) is 30.3 Å². The first-order valence-electron chi connectivity index (χ1n) is 9.15. The topological polar surface area (TPSA) is 56.8 Å². The molecule has 0 saturated carbocycles. The lowest BCUT2D eigenvalue weighted by molar-refractivity contribution is -0.0690. The molecule has 0 saturated heterocycles. The van der Waals surface area contributed by atoms with Crippen molar-refractivity contribution in [2.24, 2.45) is 0 Å². The van der Waals surface area contributed by atoms with Gasteiger partial charge in [0.05, 0.1) is 17.5 Å². The molecule has 27 heavy (non-hydrogen) atoms. The minimum Gasteiger partial charge on any atom is -0.465 e. The first kappa shape index (κ1) is 17.8. The lowest BCUT2D eigenvalue weighted by atomic mass is 9.91. The number of benzene rings is 1. The van der Waals surface area contributed by atoms with Crippen LogP contribution in [-0.4, -0.2) is 28.4 Å². The largest absolute Gasteiger partial charge is 0.465 e. The highest BCUT2D eigenvalue weighted by Gasteiger charge is 2.41. The Balaban J connectivity index is 1.54. The molecular weight excluding hydrogens is 345 g/mol. The third-order valence-corrected chi connectivity index (χ3v) is 5.06. The third-order valence-electron chi connectivity index (χ3n) is 5.06. The Morgan fingerprint density at radius 2 is 2.11 bits per heavy atom. The minimum atomic E-state index is -0.758. The predicted molar refractivity (Wildman–Crippen MR) is 101 cm³/mol. The molecule has 0 amide bonds. The van der Waals surface area contributed by atoms with E-state index in [9.17, 15) is 9.50 Å². The zero-order valence-electron chi connectivity index (χ0n) is 15.5. The Morgan fingerprint density at radius 3 is 2.89 bits per heavy atom. The number of nitrogens with zero attached hydrogens (tertiary/aromatic N) is 1. The van der Waals surface area contributed by atoms with Crippen LogP contribution in [0.4, 0.5) is 4.39 Å². The molecule has 2 aliphatic heterocycles. The summed E-state index contributed by atoms with van der Waals surface area (Å²) in [6.07, 6.45) is 8.23. The van der Waals surface area contributed by atoms with E-state index < -0.39 is 11.8 Å². The molecule has 2 heterocycles. The monoisotopic (exact) mass is 369 g/mol. The highest BCUT2D eigenvalue weighted by molar-refractivity contribution is 5.47. The summed E-state index contributed by atoms with van der Waals surface area (Å²) >= 11 is 0. The molecule has 0 fully saturated rings. The summed E-state index contributed by atoms with van der Waals surface area (Å²) < 4.78 is 18.7. The highest BCUT2D eigenvalue weighted by atomic mass is 19.1. The normalized spacial score (nSPS) is 23.0. The maximum Gasteiger partial charge on any atom is 0.163 e. The molecule has 0 aromatic heterocycles. The van der Waals surface area contributed by atoms with E-state index in [4.69, 9.17) is 4.74 Å². The average molecular weight is 369 g/mol. The zero-order valence-corrected chi connectivity index (χ0v) is 15.5. The van der Waals surface area contributed by atoms with Crippen LogP contribution in [0, 0.1) is 5.82 Å². The van der Waals surface area contributed by atoms with Crippen LogP contribution in [0.25, 0.3) is 0 Å². The zero-order chi connectivity index (χ0) is 19.0. The number of ether oxygens (including phenoxy) is 1. The molecule has 142 valence electrons. The van der Waals surface area contributed by atoms with Crippen molar-refractivity contribution in [3.8, 4) is 0 Å². The number of hydrogen-bond acceptors (Lipinski definition) is 5. The van der Waals surface area contributed by atoms with E-state index in [0.717, 1.165) is 41.1 Å². The number of aliphatic hydroxyl groups excluding tert-OH is 1. The molecular formula is C21H24FN3O2. The lowest BCUT2D eigenvalue weighted by Crippen LogP contribution is -2.64. The van der Waals surface area contributed by atoms with Crippen molar-refractivity contribution in [3.63, 3.8) is 0 Å². The molecule has 5 nitrogen and oxygen atoms in total. The second-order valence-corrected chi connectivity index (χ2v) is 7.56. The molecule has 3 aliphatic rings. The Labute approximate surface area is 158 Å². The van der Waals surface area contributed by atoms with Gasteiger partial charge < -0.3 is 15.2 Å². The summed E-state index contributed by atoms with van der Waals surface area (Å²) in [6.45, 7) is 4.56. The first-order valence-corrected chi connectivity index (χ1v) is 9.15. The van der Waals surface area contributed by atoms with Crippen LogP contribution in [-0.2, 0) is 11.2 Å². The smallest absolute Gasteiger partial charge is 0.163 e. The number of fused-ring (bicyclic) bond motifs is 1. The van der Waals surface area contributed by atoms with Crippen molar-refractivity contribution < 1.29 is 14.2 Å². The van der Waals surface area contributed by atoms with Gasteiger partial charge in [-0.15, -0.1) is 0 Å². The molecule has 0 unspecified atom stereocenters. The fraction of sp³-hybridized carbons (Fsp3) is 0.333. The summed E-state index contributed by atoms with van der Waals surface area (Å²) in [7, 11) is 0. The van der Waals surface area contributed by atoms with Crippen molar-refractivity contribution in [2.45, 2.75) is 38.5 Å². The number of hydrogen-bond donors (Lipinski definition) is 3. The van der Waals surface area contributed by atoms with E-state index >= 15 is 0 Å². The van der Waals surface area contributed by atoms with E-state index in [1.54, 1.807) is 23.4 Å². The van der Waals surface area contributed by atoms with Gasteiger partial charge in [-0.2, -0.15) is 0 Å². The van der Waals surface area contributed by atoms with Gasteiger partial charge in [0.15, 0.2) is 6.23 Å². The molecule has 3 N–H and O–H groups in total. The number of nitrogens with one attached hydrogen (secondary N) is 2. The Bertz CT molecular complexity index is 853. The van der Waals surface area contributed by atoms with Crippen LogP contribution in [0.3, 0.4) is 0 Å². The highest BCUT2D eigenvalue weighted by Crippen LogP contribution is 2.36. The van der Waals surface area contributed by atoms with Gasteiger partial charge in [-0.05, 0) is 44.0 Å². The van der Waals surface area contributed by atoms with Crippen LogP contribution in [0.1, 0.15) is 25.8 Å². The van der Waals surface area contributed by atoms with Crippen LogP contribution in [0.15, 0.2) is 71.5 Å². The van der Waals surface area contributed by atoms with Gasteiger partial charge in [-0.3, -0.25) is 5.01 Å². The van der Waals surface area contributed by atoms with Crippen molar-refractivity contribution >= 4 is 0 Å². The maximum atomic E-state index is 13.1. The molecule has 0 radical (unpaired) electrons. The van der Waals surface area contributed by atoms with E-state index in [2.05, 4.69) is 10.7 Å². The molecule has 1 aromatic carbocycles. The number of allylic oxidation sites excluding steroid dienone is 5. The summed E-state index contributed by atoms with van der Waals surface area (Å²) in [4.78, 5) is 0. The minimum absolute atomic E-state index is 0.236. The van der Waals surface area contributed by atoms with E-state index in [1.165, 1.54) is 12.1 Å². The number of halogens is 1. The molecule has 0 bridgehead atoms. The standard InChI is InChI=1S/C21H24FN3O2/c1-21(2)20(26)25(23-10-9-14-5-7-16(22)8-6-14)18-13-19-15(4-3-11-27-19)12-17(18)24-21/h3-8,11,13,20,23-24,26H,9-10,12H2,1-2H3/t20-/m1/s1. The third kappa shape index (κ3) is 3.50. The van der Waals surface area contributed by atoms with Crippen molar-refractivity contribution in [3.05, 3.63) is 82.9 Å². The summed E-state index contributed by atoms with van der Waals surface area (Å²) in [5.41, 5.74) is 6.90. The number of hydrazine groups is 1. The summed E-state index contributed by atoms with van der Waals surface area (Å²) in [6, 6.07) is 6.49. The van der Waals surface area contributed by atoms with Crippen molar-refractivity contribution in [1.29, 1.82) is 0 Å². The fourth-order valence-electron chi connectivity index (χ4n) is 3.57. The van der Waals surface area contributed by atoms with Gasteiger partial charge in [-0.1, -0.05) is 18.2 Å². The van der Waals surface area contributed by atoms with Crippen LogP contribution in [0.2, 0.25) is 0 Å². The van der Waals surface area contributed by atoms with Gasteiger partial charge in [0.2, 0.25) is 0 Å². The van der Waals surface area contributed by atoms with E-state index in [0.29, 0.717) is 6.54 Å². The Morgan fingerprint density at radius 1 is 1.33 bits per heavy atom. The molecule has 1 aliphatic carbocycles. The SMILES string of the molecule is CC1(C)NC2=C(C=C3OC=CC=C3C2)N(NCCc2ccc(F)cc2)[C@@H]1O. The number of aliphatic hydroxyl groups is 1. The van der Waals surface area contributed by atoms with Gasteiger partial charge in [0.1, 0.15) is 11.6 Å². The Hall–Kier alpha value is -2.57. The maximum absolute atomic E-state index is 13.1. The van der Waals surface area contributed by atoms with Crippen LogP contribution in [0.5, 0.6) is 0 Å². The number of rotatable bonds is 4. The fourth-order valence-corrected chi connectivity index (χ4v) is 3.57. The van der Waals surface area contributed by atoms with Crippen molar-refractivity contribution in [1.82, 2.24) is 15.8 Å². The molecule has 1 aromatic rings. The predicted octanol–water partition coefficient (Wildman–Crippen LogP) is 2.84. The summed E-state index contributed by atoms with van der Waals surface area (Å²) in [5, 5.41) is 16.2. The lowest BCUT2D eigenvalue weighted by Gasteiger charge is -2.48. The van der Waals surface area contributed by atoms with Crippen LogP contribution < -0.4 is 10.7 Å². The van der Waals surface area contributed by atoms with Gasteiger partial charge in [0.25, 0.3) is 0 Å². The van der Waals surface area contributed by atoms with Crippen molar-refractivity contribution in [2.75, 3.05) is 6.54 Å². The van der Waals surface area contributed by atoms with E-state index in [-0.39, 0.29) is 5.82 Å². The average Bonchev–Trinajstić information content (AvgIpc) is 2.65. The van der Waals surface area contributed by atoms with Crippen LogP contribution >= 0.6 is 0 Å². The molecule has 1 atom stereocenters. The van der Waals surface area contributed by atoms with E-state index in [1.807, 2.05) is 32.1 Å². The first-order chi connectivity index (χ1) is 12.9. The molecule has 4 rings (SSSR count). The second kappa shape index (κ2) is 6.87. The quantitative estimate of drug-likeness (QED) is 0.762. The Kier molecular flexibility index (Phi) is 4.53. The van der Waals surface area contributed by atoms with Gasteiger partial charge >= 0.3 is 0 Å². The summed E-state index contributed by atoms with van der Waals surface area (Å²) in [5.74, 6) is 0.565. The van der Waals surface area contributed by atoms with Gasteiger partial charge in [-0.25, -0.2) is 9.82 Å². The second-order valence-electron chi connectivity index (χ2n) is 7.56. The molecule has 6 heteroatoms. The molecule has 0 spiro atoms.